The van der Waals surface area contributed by atoms with Crippen molar-refractivity contribution in [2.24, 2.45) is 0 Å². The lowest BCUT2D eigenvalue weighted by molar-refractivity contribution is 1.16. The number of aromatic nitrogens is 2. The first-order valence-electron chi connectivity index (χ1n) is 6.47. The zero-order chi connectivity index (χ0) is 13.7. The predicted molar refractivity (Wildman–Crippen MR) is 83.6 cm³/mol. The van der Waals surface area contributed by atoms with E-state index in [9.17, 15) is 0 Å². The van der Waals surface area contributed by atoms with E-state index in [1.54, 1.807) is 0 Å². The number of hydrogen-bond donors (Lipinski definition) is 0. The average molecular weight is 270 g/mol. The van der Waals surface area contributed by atoms with Crippen molar-refractivity contribution in [1.82, 2.24) is 9.97 Å². The number of rotatable bonds is 4. The summed E-state index contributed by atoms with van der Waals surface area (Å²) in [6, 6.07) is 12.1. The van der Waals surface area contributed by atoms with Crippen molar-refractivity contribution in [1.29, 1.82) is 0 Å². The Morgan fingerprint density at radius 1 is 0.947 bits per heavy atom. The van der Waals surface area contributed by atoms with Gasteiger partial charge in [-0.25, -0.2) is 0 Å². The number of pyridine rings is 2. The van der Waals surface area contributed by atoms with Crippen LogP contribution in [0.3, 0.4) is 0 Å². The minimum atomic E-state index is -0.151. The topological polar surface area (TPSA) is 25.8 Å². The second-order valence-electron chi connectivity index (χ2n) is 4.50. The Morgan fingerprint density at radius 3 is 1.79 bits per heavy atom. The number of allylic oxidation sites excluding steroid dienone is 1. The van der Waals surface area contributed by atoms with Crippen molar-refractivity contribution in [2.45, 2.75) is 13.3 Å². The van der Waals surface area contributed by atoms with Gasteiger partial charge in [-0.2, -0.15) is 0 Å². The van der Waals surface area contributed by atoms with Crippen LogP contribution >= 0.6 is 7.92 Å². The Bertz CT molecular complexity index is 506. The molecule has 0 amide bonds. The van der Waals surface area contributed by atoms with Gasteiger partial charge in [-0.05, 0) is 49.3 Å². The fourth-order valence-electron chi connectivity index (χ4n) is 2.16. The van der Waals surface area contributed by atoms with Crippen molar-refractivity contribution >= 4 is 13.5 Å². The molecule has 0 saturated carbocycles. The van der Waals surface area contributed by atoms with Crippen molar-refractivity contribution in [3.8, 4) is 0 Å². The molecule has 0 fully saturated rings. The number of hydrogen-bond acceptors (Lipinski definition) is 2. The zero-order valence-corrected chi connectivity index (χ0v) is 12.6. The molecule has 2 rings (SSSR count). The summed E-state index contributed by atoms with van der Waals surface area (Å²) in [5.41, 5.74) is 3.25. The zero-order valence-electron chi connectivity index (χ0n) is 11.7. The van der Waals surface area contributed by atoms with Crippen LogP contribution < -0.4 is 0 Å². The first-order chi connectivity index (χ1) is 9.24. The minimum absolute atomic E-state index is 0.151. The molecule has 2 heterocycles. The first kappa shape index (κ1) is 13.9. The highest BCUT2D eigenvalue weighted by Crippen LogP contribution is 2.44. The maximum Gasteiger partial charge on any atom is 0.0726 e. The van der Waals surface area contributed by atoms with Gasteiger partial charge < -0.3 is 0 Å². The summed E-state index contributed by atoms with van der Waals surface area (Å²) in [4.78, 5) is 9.04. The molecule has 0 saturated heterocycles. The summed E-state index contributed by atoms with van der Waals surface area (Å²) in [5, 5.41) is 1.47. The largest absolute Gasteiger partial charge is 0.256 e. The quantitative estimate of drug-likeness (QED) is 0.770. The molecule has 2 nitrogen and oxygen atoms in total. The van der Waals surface area contributed by atoms with E-state index in [0.29, 0.717) is 0 Å². The van der Waals surface area contributed by atoms with Gasteiger partial charge in [0, 0.05) is 18.0 Å². The molecule has 0 atom stereocenters. The molecule has 0 spiro atoms. The Hall–Kier alpha value is -1.53. The molecule has 0 bridgehead atoms. The molecule has 0 aliphatic heterocycles. The summed E-state index contributed by atoms with van der Waals surface area (Å²) < 4.78 is 0. The number of nitrogens with zero attached hydrogens (tertiary/aromatic N) is 2. The molecular weight excluding hydrogens is 251 g/mol. The molecule has 2 aromatic rings. The van der Waals surface area contributed by atoms with E-state index in [4.69, 9.17) is 0 Å². The summed E-state index contributed by atoms with van der Waals surface area (Å²) in [6.07, 6.45) is 4.74. The molecule has 0 radical (unpaired) electrons. The maximum absolute atomic E-state index is 4.52. The van der Waals surface area contributed by atoms with E-state index < -0.39 is 0 Å². The lowest BCUT2D eigenvalue weighted by atomic mass is 10.1. The van der Waals surface area contributed by atoms with E-state index in [2.05, 4.69) is 42.4 Å². The van der Waals surface area contributed by atoms with E-state index in [1.165, 1.54) is 10.9 Å². The lowest BCUT2D eigenvalue weighted by Gasteiger charge is -2.17. The summed E-state index contributed by atoms with van der Waals surface area (Å²) in [6.45, 7) is 6.80. The van der Waals surface area contributed by atoms with Gasteiger partial charge >= 0.3 is 0 Å². The molecule has 0 aromatic carbocycles. The second-order valence-corrected chi connectivity index (χ2v) is 6.83. The summed E-state index contributed by atoms with van der Waals surface area (Å²) in [7, 11) is -0.151. The van der Waals surface area contributed by atoms with Crippen LogP contribution in [0.15, 0.2) is 54.1 Å². The monoisotopic (exact) mass is 270 g/mol. The van der Waals surface area contributed by atoms with Crippen LogP contribution in [-0.4, -0.2) is 23.3 Å². The third kappa shape index (κ3) is 3.27. The molecule has 0 N–H and O–H groups in total. The van der Waals surface area contributed by atoms with Crippen LogP contribution in [0.1, 0.15) is 24.7 Å². The van der Waals surface area contributed by atoms with Gasteiger partial charge in [-0.3, -0.25) is 9.97 Å². The van der Waals surface area contributed by atoms with Gasteiger partial charge in [0.2, 0.25) is 0 Å². The third-order valence-corrected chi connectivity index (χ3v) is 4.62. The van der Waals surface area contributed by atoms with Crippen LogP contribution in [0.25, 0.3) is 5.57 Å². The van der Waals surface area contributed by atoms with Crippen LogP contribution in [0, 0.1) is 0 Å². The van der Waals surface area contributed by atoms with Crippen molar-refractivity contribution in [2.75, 3.05) is 13.3 Å². The molecule has 3 heteroatoms. The molecule has 19 heavy (non-hydrogen) atoms. The Kier molecular flexibility index (Phi) is 4.81. The third-order valence-electron chi connectivity index (χ3n) is 3.01. The van der Waals surface area contributed by atoms with Crippen LogP contribution in [-0.2, 0) is 0 Å². The van der Waals surface area contributed by atoms with Crippen LogP contribution in [0.4, 0.5) is 0 Å². The molecule has 2 aromatic heterocycles. The van der Waals surface area contributed by atoms with Gasteiger partial charge in [0.25, 0.3) is 0 Å². The summed E-state index contributed by atoms with van der Waals surface area (Å²) >= 11 is 0. The van der Waals surface area contributed by atoms with Crippen molar-refractivity contribution in [3.63, 3.8) is 0 Å². The highest BCUT2D eigenvalue weighted by atomic mass is 31.1. The van der Waals surface area contributed by atoms with Crippen molar-refractivity contribution < 1.29 is 0 Å². The first-order valence-corrected chi connectivity index (χ1v) is 8.71. The SMILES string of the molecule is CCC(=C(c1ccccn1)c1ccccn1)P(C)C. The van der Waals surface area contributed by atoms with Gasteiger partial charge in [0.05, 0.1) is 11.4 Å². The molecular formula is C16H19N2P. The normalized spacial score (nSPS) is 10.5. The van der Waals surface area contributed by atoms with E-state index in [0.717, 1.165) is 17.8 Å². The van der Waals surface area contributed by atoms with Gasteiger partial charge in [0.1, 0.15) is 0 Å². The van der Waals surface area contributed by atoms with Crippen LogP contribution in [0.5, 0.6) is 0 Å². The Balaban J connectivity index is 2.64. The molecule has 0 unspecified atom stereocenters. The lowest BCUT2D eigenvalue weighted by Crippen LogP contribution is -1.98. The van der Waals surface area contributed by atoms with Gasteiger partial charge in [-0.1, -0.05) is 27.0 Å². The smallest absolute Gasteiger partial charge is 0.0726 e. The fourth-order valence-corrected chi connectivity index (χ4v) is 3.47. The van der Waals surface area contributed by atoms with Gasteiger partial charge in [-0.15, -0.1) is 0 Å². The van der Waals surface area contributed by atoms with E-state index in [1.807, 2.05) is 36.7 Å². The highest BCUT2D eigenvalue weighted by molar-refractivity contribution is 7.60. The minimum Gasteiger partial charge on any atom is -0.256 e. The fraction of sp³-hybridized carbons (Fsp3) is 0.250. The second kappa shape index (κ2) is 6.58. The standard InChI is InChI=1S/C16H19N2P/c1-4-15(19(2)3)16(13-9-5-7-11-17-13)14-10-6-8-12-18-14/h5-12H,4H2,1-3H3. The maximum atomic E-state index is 4.52. The highest BCUT2D eigenvalue weighted by Gasteiger charge is 2.15. The average Bonchev–Trinajstić information content (AvgIpc) is 2.46. The van der Waals surface area contributed by atoms with Crippen LogP contribution in [0.2, 0.25) is 0 Å². The van der Waals surface area contributed by atoms with Gasteiger partial charge in [0.15, 0.2) is 0 Å². The van der Waals surface area contributed by atoms with E-state index in [-0.39, 0.29) is 7.92 Å². The molecule has 0 aliphatic carbocycles. The van der Waals surface area contributed by atoms with E-state index >= 15 is 0 Å². The summed E-state index contributed by atoms with van der Waals surface area (Å²) in [5.74, 6) is 0. The molecule has 98 valence electrons. The van der Waals surface area contributed by atoms with Crippen molar-refractivity contribution in [3.05, 3.63) is 65.5 Å². The Labute approximate surface area is 116 Å². The molecule has 0 aliphatic rings. The predicted octanol–water partition coefficient (Wildman–Crippen LogP) is 4.39. The Morgan fingerprint density at radius 2 is 1.47 bits per heavy atom.